The summed E-state index contributed by atoms with van der Waals surface area (Å²) in [5.74, 6) is -0.401. The molecule has 0 saturated carbocycles. The molecule has 0 bridgehead atoms. The molecule has 2 heterocycles. The molecule has 28 heavy (non-hydrogen) atoms. The summed E-state index contributed by atoms with van der Waals surface area (Å²) in [6.07, 6.45) is 1.72. The van der Waals surface area contributed by atoms with E-state index < -0.39 is 5.97 Å². The van der Waals surface area contributed by atoms with Crippen LogP contribution in [-0.4, -0.2) is 16.2 Å². The van der Waals surface area contributed by atoms with Crippen molar-refractivity contribution in [2.45, 2.75) is 40.5 Å². The number of aryl methyl sites for hydroxylation is 2. The van der Waals surface area contributed by atoms with E-state index in [9.17, 15) is 4.79 Å². The second-order valence-electron chi connectivity index (χ2n) is 8.23. The number of thiophene rings is 1. The van der Waals surface area contributed by atoms with Gasteiger partial charge in [0.25, 0.3) is 0 Å². The molecule has 144 valence electrons. The normalized spacial score (nSPS) is 16.8. The molecule has 1 aromatic carbocycles. The number of hydrogen-bond acceptors (Lipinski definition) is 4. The van der Waals surface area contributed by atoms with Crippen LogP contribution in [0.1, 0.15) is 52.5 Å². The first kappa shape index (κ1) is 18.7. The van der Waals surface area contributed by atoms with Gasteiger partial charge in [-0.15, -0.1) is 11.3 Å². The lowest BCUT2D eigenvalue weighted by atomic mass is 9.76. The fraction of sp³-hybridized carbons (Fsp3) is 0.304. The lowest BCUT2D eigenvalue weighted by Crippen LogP contribution is -2.28. The summed E-state index contributed by atoms with van der Waals surface area (Å²) >= 11 is 1.36. The van der Waals surface area contributed by atoms with Gasteiger partial charge in [-0.1, -0.05) is 42.8 Å². The van der Waals surface area contributed by atoms with E-state index in [0.29, 0.717) is 4.88 Å². The number of aromatic nitrogens is 1. The fourth-order valence-corrected chi connectivity index (χ4v) is 4.44. The summed E-state index contributed by atoms with van der Waals surface area (Å²) in [5, 5.41) is 6.16. The molecule has 0 radical (unpaired) electrons. The van der Waals surface area contributed by atoms with Crippen molar-refractivity contribution in [1.29, 1.82) is 0 Å². The summed E-state index contributed by atoms with van der Waals surface area (Å²) < 4.78 is 2.30. The molecule has 0 aliphatic heterocycles. The second-order valence-corrected chi connectivity index (χ2v) is 9.18. The standard InChI is InChI=1S/C23H24N2O2S/c1-15-7-9-17(10-8-15)25-16(2)12-18-19(13-23(3,4)14-20(18)25)24-27-22(26)21-6-5-11-28-21/h5-12H,13-14H2,1-4H3/b24-19+. The summed E-state index contributed by atoms with van der Waals surface area (Å²) in [6.45, 7) is 8.67. The zero-order valence-corrected chi connectivity index (χ0v) is 17.5. The average molecular weight is 393 g/mol. The predicted octanol–water partition coefficient (Wildman–Crippen LogP) is 5.69. The number of carbonyl (C=O) groups is 1. The number of oxime groups is 1. The second kappa shape index (κ2) is 7.06. The third kappa shape index (κ3) is 3.54. The Kier molecular flexibility index (Phi) is 4.71. The molecule has 0 saturated heterocycles. The number of nitrogens with zero attached hydrogens (tertiary/aromatic N) is 2. The van der Waals surface area contributed by atoms with Gasteiger partial charge in [-0.2, -0.15) is 0 Å². The molecule has 5 heteroatoms. The number of carbonyl (C=O) groups excluding carboxylic acids is 1. The molecule has 0 unspecified atom stereocenters. The Hall–Kier alpha value is -2.66. The Bertz CT molecular complexity index is 1040. The van der Waals surface area contributed by atoms with Crippen LogP contribution in [0.4, 0.5) is 0 Å². The van der Waals surface area contributed by atoms with Crippen molar-refractivity contribution >= 4 is 23.0 Å². The third-order valence-electron chi connectivity index (χ3n) is 5.14. The first-order chi connectivity index (χ1) is 13.3. The Morgan fingerprint density at radius 3 is 2.57 bits per heavy atom. The van der Waals surface area contributed by atoms with Crippen molar-refractivity contribution in [1.82, 2.24) is 4.57 Å². The van der Waals surface area contributed by atoms with E-state index in [-0.39, 0.29) is 5.41 Å². The molecule has 0 atom stereocenters. The molecular weight excluding hydrogens is 368 g/mol. The van der Waals surface area contributed by atoms with E-state index in [1.54, 1.807) is 6.07 Å². The molecule has 0 spiro atoms. The lowest BCUT2D eigenvalue weighted by molar-refractivity contribution is 0.0519. The summed E-state index contributed by atoms with van der Waals surface area (Å²) in [5.41, 5.74) is 6.73. The molecular formula is C23H24N2O2S. The van der Waals surface area contributed by atoms with Crippen molar-refractivity contribution in [3.8, 4) is 5.69 Å². The first-order valence-corrected chi connectivity index (χ1v) is 10.3. The van der Waals surface area contributed by atoms with Crippen LogP contribution in [0, 0.1) is 19.3 Å². The monoisotopic (exact) mass is 392 g/mol. The maximum Gasteiger partial charge on any atom is 0.375 e. The van der Waals surface area contributed by atoms with Gasteiger partial charge >= 0.3 is 5.97 Å². The number of rotatable bonds is 3. The highest BCUT2D eigenvalue weighted by molar-refractivity contribution is 7.11. The Labute approximate surface area is 169 Å². The van der Waals surface area contributed by atoms with E-state index in [1.807, 2.05) is 11.4 Å². The number of benzene rings is 1. The van der Waals surface area contributed by atoms with Gasteiger partial charge in [-0.05, 0) is 61.7 Å². The average Bonchev–Trinajstić information content (AvgIpc) is 3.28. The van der Waals surface area contributed by atoms with Crippen LogP contribution in [0.25, 0.3) is 5.69 Å². The van der Waals surface area contributed by atoms with Crippen LogP contribution in [0.2, 0.25) is 0 Å². The molecule has 2 aromatic heterocycles. The van der Waals surface area contributed by atoms with Gasteiger partial charge in [-0.25, -0.2) is 4.79 Å². The van der Waals surface area contributed by atoms with E-state index in [2.05, 4.69) is 67.7 Å². The van der Waals surface area contributed by atoms with Crippen molar-refractivity contribution in [2.75, 3.05) is 0 Å². The Morgan fingerprint density at radius 1 is 1.14 bits per heavy atom. The van der Waals surface area contributed by atoms with E-state index in [1.165, 1.54) is 22.6 Å². The van der Waals surface area contributed by atoms with Crippen LogP contribution in [0.15, 0.2) is 53.0 Å². The predicted molar refractivity (Wildman–Crippen MR) is 114 cm³/mol. The molecule has 0 fully saturated rings. The molecule has 0 amide bonds. The number of fused-ring (bicyclic) bond motifs is 1. The molecule has 4 nitrogen and oxygen atoms in total. The molecule has 1 aliphatic rings. The SMILES string of the molecule is Cc1ccc(-n2c(C)cc3c2CC(C)(C)C/C3=N\OC(=O)c2cccs2)cc1. The zero-order chi connectivity index (χ0) is 19.9. The van der Waals surface area contributed by atoms with Gasteiger partial charge in [-0.3, -0.25) is 0 Å². The topological polar surface area (TPSA) is 43.6 Å². The number of hydrogen-bond donors (Lipinski definition) is 0. The Balaban J connectivity index is 1.74. The maximum absolute atomic E-state index is 12.2. The summed E-state index contributed by atoms with van der Waals surface area (Å²) in [7, 11) is 0. The van der Waals surface area contributed by atoms with Gasteiger partial charge in [0.2, 0.25) is 0 Å². The van der Waals surface area contributed by atoms with Crippen LogP contribution in [0.5, 0.6) is 0 Å². The van der Waals surface area contributed by atoms with Gasteiger partial charge in [0.05, 0.1) is 5.71 Å². The third-order valence-corrected chi connectivity index (χ3v) is 5.99. The summed E-state index contributed by atoms with van der Waals surface area (Å²) in [4.78, 5) is 18.1. The highest BCUT2D eigenvalue weighted by Gasteiger charge is 2.33. The van der Waals surface area contributed by atoms with Gasteiger partial charge in [0.15, 0.2) is 0 Å². The van der Waals surface area contributed by atoms with Crippen molar-refractivity contribution in [3.63, 3.8) is 0 Å². The molecule has 4 rings (SSSR count). The highest BCUT2D eigenvalue weighted by atomic mass is 32.1. The maximum atomic E-state index is 12.2. The lowest BCUT2D eigenvalue weighted by Gasteiger charge is -2.31. The van der Waals surface area contributed by atoms with Gasteiger partial charge in [0.1, 0.15) is 4.88 Å². The van der Waals surface area contributed by atoms with Crippen molar-refractivity contribution in [3.05, 3.63) is 75.2 Å². The van der Waals surface area contributed by atoms with E-state index >= 15 is 0 Å². The van der Waals surface area contributed by atoms with Gasteiger partial charge in [0, 0.05) is 22.6 Å². The van der Waals surface area contributed by atoms with E-state index in [0.717, 1.165) is 35.5 Å². The zero-order valence-electron chi connectivity index (χ0n) is 16.7. The molecule has 1 aliphatic carbocycles. The minimum Gasteiger partial charge on any atom is -0.318 e. The smallest absolute Gasteiger partial charge is 0.318 e. The van der Waals surface area contributed by atoms with E-state index in [4.69, 9.17) is 4.84 Å². The highest BCUT2D eigenvalue weighted by Crippen LogP contribution is 2.38. The minimum atomic E-state index is -0.401. The quantitative estimate of drug-likeness (QED) is 0.424. The minimum absolute atomic E-state index is 0.0361. The molecule has 3 aromatic rings. The fourth-order valence-electron chi connectivity index (χ4n) is 3.85. The first-order valence-electron chi connectivity index (χ1n) is 9.44. The van der Waals surface area contributed by atoms with Crippen LogP contribution in [-0.2, 0) is 11.3 Å². The van der Waals surface area contributed by atoms with Crippen LogP contribution >= 0.6 is 11.3 Å². The molecule has 0 N–H and O–H groups in total. The Morgan fingerprint density at radius 2 is 1.89 bits per heavy atom. The van der Waals surface area contributed by atoms with Crippen LogP contribution < -0.4 is 0 Å². The van der Waals surface area contributed by atoms with Crippen LogP contribution in [0.3, 0.4) is 0 Å². The van der Waals surface area contributed by atoms with Crippen molar-refractivity contribution < 1.29 is 9.63 Å². The van der Waals surface area contributed by atoms with Crippen molar-refractivity contribution in [2.24, 2.45) is 10.6 Å². The largest absolute Gasteiger partial charge is 0.375 e. The summed E-state index contributed by atoms with van der Waals surface area (Å²) in [6, 6.07) is 14.3. The van der Waals surface area contributed by atoms with Gasteiger partial charge < -0.3 is 9.40 Å².